The van der Waals surface area contributed by atoms with Crippen molar-refractivity contribution in [3.05, 3.63) is 35.9 Å². The molecule has 0 aliphatic rings. The predicted molar refractivity (Wildman–Crippen MR) is 71.4 cm³/mol. The van der Waals surface area contributed by atoms with Crippen molar-refractivity contribution in [2.75, 3.05) is 0 Å². The Morgan fingerprint density at radius 3 is 2.38 bits per heavy atom. The van der Waals surface area contributed by atoms with Crippen LogP contribution < -0.4 is 5.73 Å². The summed E-state index contributed by atoms with van der Waals surface area (Å²) in [5.41, 5.74) is 7.67. The van der Waals surface area contributed by atoms with Gasteiger partial charge in [-0.05, 0) is 24.3 Å². The van der Waals surface area contributed by atoms with Crippen molar-refractivity contribution in [1.29, 1.82) is 0 Å². The van der Waals surface area contributed by atoms with Crippen LogP contribution in [0.2, 0.25) is 0 Å². The smallest absolute Gasteiger partial charge is 0.0108 e. The summed E-state index contributed by atoms with van der Waals surface area (Å²) < 4.78 is 0. The summed E-state index contributed by atoms with van der Waals surface area (Å²) in [7, 11) is 0. The zero-order valence-corrected chi connectivity index (χ0v) is 10.7. The van der Waals surface area contributed by atoms with Crippen LogP contribution in [-0.4, -0.2) is 6.04 Å². The maximum atomic E-state index is 6.30. The maximum Gasteiger partial charge on any atom is 0.0108 e. The van der Waals surface area contributed by atoms with Gasteiger partial charge in [0.15, 0.2) is 0 Å². The molecule has 2 atom stereocenters. The highest BCUT2D eigenvalue weighted by Gasteiger charge is 2.15. The summed E-state index contributed by atoms with van der Waals surface area (Å²) in [4.78, 5) is 0. The lowest BCUT2D eigenvalue weighted by atomic mass is 9.88. The lowest BCUT2D eigenvalue weighted by Crippen LogP contribution is -2.32. The number of nitrogens with two attached hydrogens (primary N) is 1. The lowest BCUT2D eigenvalue weighted by Gasteiger charge is -2.22. The normalized spacial score (nSPS) is 14.7. The highest BCUT2D eigenvalue weighted by Crippen LogP contribution is 2.18. The van der Waals surface area contributed by atoms with Crippen molar-refractivity contribution >= 4 is 0 Å². The van der Waals surface area contributed by atoms with Gasteiger partial charge in [-0.2, -0.15) is 0 Å². The van der Waals surface area contributed by atoms with E-state index in [1.54, 1.807) is 0 Å². The second-order valence-corrected chi connectivity index (χ2v) is 4.66. The molecule has 0 aliphatic carbocycles. The van der Waals surface area contributed by atoms with Crippen LogP contribution in [0.5, 0.6) is 0 Å². The standard InChI is InChI=1S/C15H25N/c1-3-5-11-14(4-2)15(16)12-13-9-7-6-8-10-13/h6-10,14-15H,3-5,11-12,16H2,1-2H3. The molecule has 0 heterocycles. The summed E-state index contributed by atoms with van der Waals surface area (Å²) in [5.74, 6) is 0.681. The molecule has 1 nitrogen and oxygen atoms in total. The Labute approximate surface area is 100 Å². The molecule has 2 unspecified atom stereocenters. The second-order valence-electron chi connectivity index (χ2n) is 4.66. The number of unbranched alkanes of at least 4 members (excludes halogenated alkanes) is 1. The SMILES string of the molecule is CCCCC(CC)C(N)Cc1ccccc1. The number of hydrogen-bond acceptors (Lipinski definition) is 1. The predicted octanol–water partition coefficient (Wildman–Crippen LogP) is 3.77. The minimum absolute atomic E-state index is 0.318. The van der Waals surface area contributed by atoms with Crippen LogP contribution >= 0.6 is 0 Å². The van der Waals surface area contributed by atoms with Gasteiger partial charge >= 0.3 is 0 Å². The van der Waals surface area contributed by atoms with E-state index in [0.29, 0.717) is 12.0 Å². The number of benzene rings is 1. The van der Waals surface area contributed by atoms with E-state index < -0.39 is 0 Å². The van der Waals surface area contributed by atoms with Gasteiger partial charge in [-0.1, -0.05) is 63.4 Å². The Morgan fingerprint density at radius 1 is 1.12 bits per heavy atom. The van der Waals surface area contributed by atoms with E-state index in [2.05, 4.69) is 44.2 Å². The quantitative estimate of drug-likeness (QED) is 0.742. The molecule has 0 aliphatic heterocycles. The van der Waals surface area contributed by atoms with Gasteiger partial charge in [0.05, 0.1) is 0 Å². The van der Waals surface area contributed by atoms with Crippen LogP contribution in [0.4, 0.5) is 0 Å². The molecule has 0 aromatic heterocycles. The van der Waals surface area contributed by atoms with Gasteiger partial charge in [0.25, 0.3) is 0 Å². The van der Waals surface area contributed by atoms with E-state index in [1.807, 2.05) is 0 Å². The molecule has 0 spiro atoms. The monoisotopic (exact) mass is 219 g/mol. The average molecular weight is 219 g/mol. The molecule has 90 valence electrons. The average Bonchev–Trinajstić information content (AvgIpc) is 2.31. The molecule has 1 rings (SSSR count). The molecule has 2 N–H and O–H groups in total. The van der Waals surface area contributed by atoms with Crippen molar-refractivity contribution in [2.24, 2.45) is 11.7 Å². The first-order valence-corrected chi connectivity index (χ1v) is 6.57. The summed E-state index contributed by atoms with van der Waals surface area (Å²) in [6.45, 7) is 4.50. The summed E-state index contributed by atoms with van der Waals surface area (Å²) >= 11 is 0. The van der Waals surface area contributed by atoms with Crippen molar-refractivity contribution in [3.63, 3.8) is 0 Å². The molecular formula is C15H25N. The Hall–Kier alpha value is -0.820. The molecule has 0 bridgehead atoms. The summed E-state index contributed by atoms with van der Waals surface area (Å²) in [5, 5.41) is 0. The third-order valence-corrected chi connectivity index (χ3v) is 3.37. The molecule has 16 heavy (non-hydrogen) atoms. The van der Waals surface area contributed by atoms with Gasteiger partial charge in [-0.3, -0.25) is 0 Å². The van der Waals surface area contributed by atoms with Crippen molar-refractivity contribution in [1.82, 2.24) is 0 Å². The third kappa shape index (κ3) is 4.36. The molecule has 0 saturated carbocycles. The van der Waals surface area contributed by atoms with Crippen LogP contribution in [0.1, 0.15) is 45.1 Å². The summed E-state index contributed by atoms with van der Waals surface area (Å²) in [6.07, 6.45) is 6.08. The van der Waals surface area contributed by atoms with E-state index in [1.165, 1.54) is 31.2 Å². The van der Waals surface area contributed by atoms with Crippen LogP contribution in [0.3, 0.4) is 0 Å². The maximum absolute atomic E-state index is 6.30. The first kappa shape index (κ1) is 13.2. The first-order chi connectivity index (χ1) is 7.77. The molecule has 1 aromatic rings. The molecule has 0 fully saturated rings. The fourth-order valence-corrected chi connectivity index (χ4v) is 2.24. The molecule has 1 aromatic carbocycles. The van der Waals surface area contributed by atoms with E-state index in [0.717, 1.165) is 6.42 Å². The van der Waals surface area contributed by atoms with E-state index in [4.69, 9.17) is 5.73 Å². The molecular weight excluding hydrogens is 194 g/mol. The van der Waals surface area contributed by atoms with E-state index >= 15 is 0 Å². The van der Waals surface area contributed by atoms with Gasteiger partial charge in [-0.25, -0.2) is 0 Å². The molecule has 0 saturated heterocycles. The highest BCUT2D eigenvalue weighted by atomic mass is 14.6. The van der Waals surface area contributed by atoms with Crippen molar-refractivity contribution in [3.8, 4) is 0 Å². The van der Waals surface area contributed by atoms with Gasteiger partial charge in [-0.15, -0.1) is 0 Å². The lowest BCUT2D eigenvalue weighted by molar-refractivity contribution is 0.369. The fraction of sp³-hybridized carbons (Fsp3) is 0.600. The van der Waals surface area contributed by atoms with Gasteiger partial charge in [0.1, 0.15) is 0 Å². The van der Waals surface area contributed by atoms with Crippen LogP contribution in [0.25, 0.3) is 0 Å². The Bertz CT molecular complexity index is 268. The van der Waals surface area contributed by atoms with Crippen LogP contribution in [-0.2, 0) is 6.42 Å². The Morgan fingerprint density at radius 2 is 1.81 bits per heavy atom. The summed E-state index contributed by atoms with van der Waals surface area (Å²) in [6, 6.07) is 10.9. The highest BCUT2D eigenvalue weighted by molar-refractivity contribution is 5.15. The fourth-order valence-electron chi connectivity index (χ4n) is 2.24. The van der Waals surface area contributed by atoms with Crippen molar-refractivity contribution < 1.29 is 0 Å². The molecule has 0 radical (unpaired) electrons. The second kappa shape index (κ2) is 7.45. The first-order valence-electron chi connectivity index (χ1n) is 6.57. The third-order valence-electron chi connectivity index (χ3n) is 3.37. The topological polar surface area (TPSA) is 26.0 Å². The molecule has 0 amide bonds. The number of hydrogen-bond donors (Lipinski definition) is 1. The van der Waals surface area contributed by atoms with E-state index in [-0.39, 0.29) is 0 Å². The minimum Gasteiger partial charge on any atom is -0.327 e. The number of rotatable bonds is 7. The van der Waals surface area contributed by atoms with Gasteiger partial charge in [0.2, 0.25) is 0 Å². The minimum atomic E-state index is 0.318. The van der Waals surface area contributed by atoms with Gasteiger partial charge < -0.3 is 5.73 Å². The van der Waals surface area contributed by atoms with Crippen LogP contribution in [0, 0.1) is 5.92 Å². The largest absolute Gasteiger partial charge is 0.327 e. The van der Waals surface area contributed by atoms with Crippen LogP contribution in [0.15, 0.2) is 30.3 Å². The molecule has 1 heteroatoms. The Balaban J connectivity index is 2.46. The van der Waals surface area contributed by atoms with Crippen molar-refractivity contribution in [2.45, 2.75) is 52.0 Å². The van der Waals surface area contributed by atoms with Gasteiger partial charge in [0, 0.05) is 6.04 Å². The Kier molecular flexibility index (Phi) is 6.17. The van der Waals surface area contributed by atoms with E-state index in [9.17, 15) is 0 Å². The zero-order chi connectivity index (χ0) is 11.8. The zero-order valence-electron chi connectivity index (χ0n) is 10.7.